The van der Waals surface area contributed by atoms with Gasteiger partial charge in [-0.1, -0.05) is 12.1 Å². The molecule has 0 saturated carbocycles. The van der Waals surface area contributed by atoms with Crippen molar-refractivity contribution in [2.24, 2.45) is 10.2 Å². The fraction of sp³-hybridized carbons (Fsp3) is 0.0435. The largest absolute Gasteiger partial charge is 0.497 e. The fourth-order valence-electron chi connectivity index (χ4n) is 3.16. The lowest BCUT2D eigenvalue weighted by atomic mass is 10.0. The normalized spacial score (nSPS) is 14.2. The standard InChI is InChI=1S/C23H15N7O2S2/c1-32-17-8-6-15(7-9-17)18-13-34-23(26-18)30-21(31)20(27-28-22-25-10-11-33-22)19(29-30)16-4-2-14(12-24)3-5-16/h2-11,13H,1H3,(H,25,28)/b27-20-. The molecule has 2 aromatic carbocycles. The van der Waals surface area contributed by atoms with Crippen molar-refractivity contribution in [1.82, 2.24) is 9.97 Å². The van der Waals surface area contributed by atoms with Gasteiger partial charge in [-0.15, -0.1) is 22.7 Å². The molecule has 0 unspecified atom stereocenters. The number of nitrogens with one attached hydrogen (secondary N) is 1. The number of hydrogen-bond donors (Lipinski definition) is 1. The van der Waals surface area contributed by atoms with Crippen LogP contribution < -0.4 is 15.2 Å². The number of nitrogens with zero attached hydrogens (tertiary/aromatic N) is 6. The van der Waals surface area contributed by atoms with E-state index in [4.69, 9.17) is 10.00 Å². The Bertz CT molecular complexity index is 1430. The summed E-state index contributed by atoms with van der Waals surface area (Å²) in [4.78, 5) is 22.1. The van der Waals surface area contributed by atoms with E-state index in [2.05, 4.69) is 31.7 Å². The molecule has 0 atom stereocenters. The Balaban J connectivity index is 1.50. The number of hydrazone groups is 2. The van der Waals surface area contributed by atoms with E-state index in [-0.39, 0.29) is 5.71 Å². The third-order valence-corrected chi connectivity index (χ3v) is 6.36. The Morgan fingerprint density at radius 3 is 2.53 bits per heavy atom. The van der Waals surface area contributed by atoms with E-state index in [0.29, 0.717) is 27.1 Å². The van der Waals surface area contributed by atoms with Crippen LogP contribution in [0.1, 0.15) is 11.1 Å². The Morgan fingerprint density at radius 1 is 1.09 bits per heavy atom. The van der Waals surface area contributed by atoms with E-state index < -0.39 is 5.91 Å². The summed E-state index contributed by atoms with van der Waals surface area (Å²) < 4.78 is 5.21. The van der Waals surface area contributed by atoms with Gasteiger partial charge in [0.25, 0.3) is 0 Å². The predicted molar refractivity (Wildman–Crippen MR) is 132 cm³/mol. The molecule has 0 saturated heterocycles. The maximum atomic E-state index is 13.3. The first-order chi connectivity index (χ1) is 16.7. The molecule has 1 amide bonds. The van der Waals surface area contributed by atoms with E-state index in [1.54, 1.807) is 43.0 Å². The van der Waals surface area contributed by atoms with Crippen molar-refractivity contribution in [2.45, 2.75) is 0 Å². The van der Waals surface area contributed by atoms with Crippen LogP contribution in [0.15, 0.2) is 75.7 Å². The van der Waals surface area contributed by atoms with Gasteiger partial charge < -0.3 is 4.74 Å². The smallest absolute Gasteiger partial charge is 0.303 e. The molecule has 1 aliphatic rings. The summed E-state index contributed by atoms with van der Waals surface area (Å²) in [6, 6.07) is 16.4. The molecule has 5 rings (SSSR count). The van der Waals surface area contributed by atoms with Gasteiger partial charge in [-0.3, -0.25) is 10.2 Å². The Kier molecular flexibility index (Phi) is 5.82. The quantitative estimate of drug-likeness (QED) is 0.406. The molecule has 9 nitrogen and oxygen atoms in total. The van der Waals surface area contributed by atoms with E-state index in [0.717, 1.165) is 17.0 Å². The zero-order valence-corrected chi connectivity index (χ0v) is 19.3. The zero-order chi connectivity index (χ0) is 23.5. The highest BCUT2D eigenvalue weighted by molar-refractivity contribution is 7.14. The first-order valence-electron chi connectivity index (χ1n) is 9.93. The molecule has 34 heavy (non-hydrogen) atoms. The molecule has 3 heterocycles. The fourth-order valence-corrected chi connectivity index (χ4v) is 4.41. The summed E-state index contributed by atoms with van der Waals surface area (Å²) in [5.41, 5.74) is 6.10. The highest BCUT2D eigenvalue weighted by Gasteiger charge is 2.36. The van der Waals surface area contributed by atoms with Crippen LogP contribution in [0.3, 0.4) is 0 Å². The number of aromatic nitrogens is 2. The minimum absolute atomic E-state index is 0.126. The summed E-state index contributed by atoms with van der Waals surface area (Å²) in [6.07, 6.45) is 1.64. The van der Waals surface area contributed by atoms with Crippen LogP contribution in [-0.4, -0.2) is 34.4 Å². The molecule has 1 aliphatic heterocycles. The lowest BCUT2D eigenvalue weighted by molar-refractivity contribution is -0.112. The third-order valence-electron chi connectivity index (χ3n) is 4.86. The van der Waals surface area contributed by atoms with E-state index in [9.17, 15) is 4.79 Å². The molecule has 4 aromatic rings. The number of nitriles is 1. The highest BCUT2D eigenvalue weighted by Crippen LogP contribution is 2.31. The van der Waals surface area contributed by atoms with Gasteiger partial charge in [0.1, 0.15) is 11.5 Å². The Morgan fingerprint density at radius 2 is 1.85 bits per heavy atom. The average Bonchev–Trinajstić information content (AvgIpc) is 3.64. The Labute approximate surface area is 202 Å². The number of ether oxygens (including phenoxy) is 1. The molecule has 11 heteroatoms. The van der Waals surface area contributed by atoms with Crippen LogP contribution >= 0.6 is 22.7 Å². The van der Waals surface area contributed by atoms with Crippen molar-refractivity contribution in [3.05, 3.63) is 76.6 Å². The van der Waals surface area contributed by atoms with E-state index >= 15 is 0 Å². The van der Waals surface area contributed by atoms with Crippen molar-refractivity contribution in [1.29, 1.82) is 5.26 Å². The number of rotatable bonds is 6. The van der Waals surface area contributed by atoms with Crippen LogP contribution in [0, 0.1) is 11.3 Å². The number of methoxy groups -OCH3 is 1. The second-order valence-electron chi connectivity index (χ2n) is 6.91. The maximum Gasteiger partial charge on any atom is 0.303 e. The van der Waals surface area contributed by atoms with Crippen LogP contribution in [0.4, 0.5) is 10.3 Å². The van der Waals surface area contributed by atoms with Gasteiger partial charge in [0.05, 0.1) is 24.4 Å². The van der Waals surface area contributed by atoms with Crippen molar-refractivity contribution < 1.29 is 9.53 Å². The van der Waals surface area contributed by atoms with Gasteiger partial charge in [-0.2, -0.15) is 20.5 Å². The number of carbonyl (C=O) groups excluding carboxylic acids is 1. The lowest BCUT2D eigenvalue weighted by Crippen LogP contribution is -2.28. The topological polar surface area (TPSA) is 116 Å². The van der Waals surface area contributed by atoms with Crippen LogP contribution in [-0.2, 0) is 4.79 Å². The van der Waals surface area contributed by atoms with Gasteiger partial charge in [0.2, 0.25) is 10.3 Å². The molecule has 2 aromatic heterocycles. The minimum Gasteiger partial charge on any atom is -0.497 e. The first kappa shape index (κ1) is 21.4. The van der Waals surface area contributed by atoms with Crippen molar-refractivity contribution in [3.8, 4) is 23.1 Å². The number of amides is 1. The minimum atomic E-state index is -0.418. The number of benzene rings is 2. The second kappa shape index (κ2) is 9.22. The molecule has 166 valence electrons. The maximum absolute atomic E-state index is 13.3. The molecular weight excluding hydrogens is 470 g/mol. The number of hydrogen-bond acceptors (Lipinski definition) is 10. The molecule has 0 spiro atoms. The summed E-state index contributed by atoms with van der Waals surface area (Å²) in [6.45, 7) is 0. The Hall–Kier alpha value is -4.40. The molecule has 0 radical (unpaired) electrons. The van der Waals surface area contributed by atoms with Crippen LogP contribution in [0.5, 0.6) is 5.75 Å². The van der Waals surface area contributed by atoms with Crippen molar-refractivity contribution in [2.75, 3.05) is 17.5 Å². The third kappa shape index (κ3) is 4.15. The SMILES string of the molecule is COc1ccc(-c2csc(N3N=C(c4ccc(C#N)cc4)/C(=N/Nc4nccs4)C3=O)n2)cc1. The van der Waals surface area contributed by atoms with E-state index in [1.807, 2.05) is 29.6 Å². The lowest BCUT2D eigenvalue weighted by Gasteiger charge is -2.06. The highest BCUT2D eigenvalue weighted by atomic mass is 32.1. The summed E-state index contributed by atoms with van der Waals surface area (Å²) in [7, 11) is 1.61. The monoisotopic (exact) mass is 485 g/mol. The molecule has 0 fully saturated rings. The van der Waals surface area contributed by atoms with Gasteiger partial charge >= 0.3 is 5.91 Å². The summed E-state index contributed by atoms with van der Waals surface area (Å²) in [5.74, 6) is 0.332. The predicted octanol–water partition coefficient (Wildman–Crippen LogP) is 4.37. The first-order valence-corrected chi connectivity index (χ1v) is 11.7. The molecular formula is C23H15N7O2S2. The summed E-state index contributed by atoms with van der Waals surface area (Å²) in [5, 5.41) is 23.8. The molecule has 1 N–H and O–H groups in total. The second-order valence-corrected chi connectivity index (χ2v) is 8.64. The van der Waals surface area contributed by atoms with Gasteiger partial charge in [-0.05, 0) is 36.4 Å². The van der Waals surface area contributed by atoms with E-state index in [1.165, 1.54) is 27.7 Å². The van der Waals surface area contributed by atoms with Crippen LogP contribution in [0.25, 0.3) is 11.3 Å². The number of carbonyl (C=O) groups is 1. The van der Waals surface area contributed by atoms with Crippen molar-refractivity contribution >= 4 is 50.3 Å². The van der Waals surface area contributed by atoms with Gasteiger partial charge in [0, 0.05) is 28.1 Å². The average molecular weight is 486 g/mol. The number of anilines is 2. The summed E-state index contributed by atoms with van der Waals surface area (Å²) >= 11 is 2.66. The zero-order valence-electron chi connectivity index (χ0n) is 17.7. The van der Waals surface area contributed by atoms with Gasteiger partial charge in [0.15, 0.2) is 5.71 Å². The molecule has 0 bridgehead atoms. The van der Waals surface area contributed by atoms with Gasteiger partial charge in [-0.25, -0.2) is 9.97 Å². The molecule has 0 aliphatic carbocycles. The van der Waals surface area contributed by atoms with Crippen LogP contribution in [0.2, 0.25) is 0 Å². The number of thiazole rings is 2. The van der Waals surface area contributed by atoms with Crippen molar-refractivity contribution in [3.63, 3.8) is 0 Å².